The third-order valence-corrected chi connectivity index (χ3v) is 9.78. The minimum Gasteiger partial charge on any atom is -0.349 e. The number of aromatic nitrogens is 4. The van der Waals surface area contributed by atoms with Crippen molar-refractivity contribution in [1.82, 2.24) is 36.6 Å². The third kappa shape index (κ3) is 8.76. The van der Waals surface area contributed by atoms with E-state index in [2.05, 4.69) is 48.0 Å². The predicted molar refractivity (Wildman–Crippen MR) is 188 cm³/mol. The van der Waals surface area contributed by atoms with Gasteiger partial charge in [-0.1, -0.05) is 30.3 Å². The Balaban J connectivity index is 1.17. The lowest BCUT2D eigenvalue weighted by Gasteiger charge is -2.28. The Labute approximate surface area is 286 Å². The summed E-state index contributed by atoms with van der Waals surface area (Å²) in [5.41, 5.74) is 11.7. The van der Waals surface area contributed by atoms with Crippen LogP contribution in [0.4, 0.5) is 5.69 Å². The van der Waals surface area contributed by atoms with Crippen LogP contribution in [0.3, 0.4) is 0 Å². The minimum atomic E-state index is -0.797. The molecule has 2 aliphatic rings. The number of nitrogens with one attached hydrogen (secondary N) is 5. The number of anilines is 1. The highest BCUT2D eigenvalue weighted by Crippen LogP contribution is 2.29. The van der Waals surface area contributed by atoms with E-state index in [1.165, 1.54) is 0 Å². The van der Waals surface area contributed by atoms with Crippen LogP contribution in [0, 0.1) is 18.8 Å². The van der Waals surface area contributed by atoms with Crippen LogP contribution in [0.25, 0.3) is 22.5 Å². The fourth-order valence-electron chi connectivity index (χ4n) is 6.84. The molecule has 1 atom stereocenters. The largest absolute Gasteiger partial charge is 0.349 e. The summed E-state index contributed by atoms with van der Waals surface area (Å²) in [5, 5.41) is 26.6. The van der Waals surface area contributed by atoms with Crippen molar-refractivity contribution in [1.29, 1.82) is 0 Å². The molecule has 6 rings (SSSR count). The van der Waals surface area contributed by atoms with Crippen molar-refractivity contribution in [2.24, 2.45) is 17.6 Å². The molecule has 3 aromatic carbocycles. The summed E-state index contributed by atoms with van der Waals surface area (Å²) in [6.07, 6.45) is 5.52. The topological polar surface area (TPSA) is 180 Å². The normalized spacial score (nSPS) is 18.7. The highest BCUT2D eigenvalue weighted by molar-refractivity contribution is 5.98. The summed E-state index contributed by atoms with van der Waals surface area (Å²) < 4.78 is 0. The Kier molecular flexibility index (Phi) is 11.1. The first-order valence-electron chi connectivity index (χ1n) is 17.2. The molecule has 0 radical (unpaired) electrons. The van der Waals surface area contributed by atoms with E-state index in [0.29, 0.717) is 36.0 Å². The van der Waals surface area contributed by atoms with Crippen LogP contribution in [0.1, 0.15) is 60.0 Å². The van der Waals surface area contributed by atoms with E-state index in [1.807, 2.05) is 43.3 Å². The highest BCUT2D eigenvalue weighted by Gasteiger charge is 2.29. The molecule has 1 unspecified atom stereocenters. The number of carbonyl (C=O) groups is 3. The van der Waals surface area contributed by atoms with Gasteiger partial charge in [0.15, 0.2) is 0 Å². The Morgan fingerprint density at radius 1 is 0.918 bits per heavy atom. The van der Waals surface area contributed by atoms with E-state index in [1.54, 1.807) is 24.3 Å². The van der Waals surface area contributed by atoms with Crippen molar-refractivity contribution < 1.29 is 14.4 Å². The highest BCUT2D eigenvalue weighted by atomic mass is 16.2. The molecule has 1 aliphatic carbocycles. The molecular formula is C37H45N9O3. The first kappa shape index (κ1) is 33.9. The fraction of sp³-hybridized carbons (Fsp3) is 0.405. The number of benzene rings is 3. The van der Waals surface area contributed by atoms with Gasteiger partial charge >= 0.3 is 0 Å². The monoisotopic (exact) mass is 663 g/mol. The molecule has 49 heavy (non-hydrogen) atoms. The zero-order valence-electron chi connectivity index (χ0n) is 27.9. The first-order chi connectivity index (χ1) is 23.9. The molecule has 0 spiro atoms. The molecule has 1 saturated heterocycles. The first-order valence-corrected chi connectivity index (χ1v) is 17.2. The van der Waals surface area contributed by atoms with Gasteiger partial charge in [0, 0.05) is 35.2 Å². The quantitative estimate of drug-likeness (QED) is 0.140. The molecule has 1 aromatic heterocycles. The van der Waals surface area contributed by atoms with Crippen LogP contribution in [0.5, 0.6) is 0 Å². The number of H-pyrrole nitrogens is 1. The summed E-state index contributed by atoms with van der Waals surface area (Å²) in [4.78, 5) is 40.2. The van der Waals surface area contributed by atoms with Crippen LogP contribution in [0.2, 0.25) is 0 Å². The van der Waals surface area contributed by atoms with Gasteiger partial charge in [-0.2, -0.15) is 5.21 Å². The van der Waals surface area contributed by atoms with Crippen molar-refractivity contribution in [3.05, 3.63) is 83.4 Å². The van der Waals surface area contributed by atoms with E-state index >= 15 is 0 Å². The maximum atomic E-state index is 13.8. The van der Waals surface area contributed by atoms with Crippen molar-refractivity contribution >= 4 is 23.4 Å². The van der Waals surface area contributed by atoms with Crippen molar-refractivity contribution in [3.8, 4) is 22.5 Å². The second-order valence-electron chi connectivity index (χ2n) is 13.2. The van der Waals surface area contributed by atoms with Gasteiger partial charge in [0.25, 0.3) is 5.91 Å². The van der Waals surface area contributed by atoms with Gasteiger partial charge in [0.2, 0.25) is 17.6 Å². The number of amides is 3. The van der Waals surface area contributed by atoms with E-state index in [-0.39, 0.29) is 29.7 Å². The van der Waals surface area contributed by atoms with Crippen LogP contribution in [0.15, 0.2) is 66.7 Å². The van der Waals surface area contributed by atoms with Crippen LogP contribution in [-0.2, 0) is 16.0 Å². The van der Waals surface area contributed by atoms with Gasteiger partial charge < -0.3 is 27.0 Å². The lowest BCUT2D eigenvalue weighted by atomic mass is 9.81. The number of tetrazole rings is 1. The average molecular weight is 664 g/mol. The van der Waals surface area contributed by atoms with Crippen molar-refractivity contribution in [3.63, 3.8) is 0 Å². The number of nitrogens with zero attached hydrogens (tertiary/aromatic N) is 3. The standard InChI is InChI=1S/C37H45N9O3/c1-23-19-29(36(48)40-31-15-17-39-18-16-31)11-14-32(23)28-4-2-3-25(20-28)21-33(42-35(47)27-7-5-24(22-38)6-8-27)37(49)41-30-12-9-26(10-13-30)34-43-45-46-44-34/h2-4,9-14,19-20,24,27,31,33,39H,5-8,15-18,21-22,38H2,1H3,(H,40,48)(H,41,49)(H,42,47)(H,43,44,45,46). The van der Waals surface area contributed by atoms with Gasteiger partial charge in [-0.15, -0.1) is 10.2 Å². The number of hydrogen-bond donors (Lipinski definition) is 6. The van der Waals surface area contributed by atoms with Gasteiger partial charge in [-0.3, -0.25) is 14.4 Å². The summed E-state index contributed by atoms with van der Waals surface area (Å²) in [7, 11) is 0. The van der Waals surface area contributed by atoms with Gasteiger partial charge in [0.05, 0.1) is 0 Å². The number of piperidine rings is 1. The Bertz CT molecular complexity index is 1730. The molecule has 256 valence electrons. The van der Waals surface area contributed by atoms with Crippen LogP contribution in [-0.4, -0.2) is 70.1 Å². The summed E-state index contributed by atoms with van der Waals surface area (Å²) in [5.74, 6) is 0.295. The second-order valence-corrected chi connectivity index (χ2v) is 13.2. The molecule has 3 amide bonds. The van der Waals surface area contributed by atoms with Crippen molar-refractivity contribution in [2.75, 3.05) is 25.0 Å². The molecule has 4 aromatic rings. The number of nitrogens with two attached hydrogens (primary N) is 1. The molecule has 12 heteroatoms. The zero-order chi connectivity index (χ0) is 34.2. The number of hydrogen-bond acceptors (Lipinski definition) is 8. The number of aryl methyl sites for hydroxylation is 1. The molecule has 0 bridgehead atoms. The predicted octanol–water partition coefficient (Wildman–Crippen LogP) is 3.76. The molecule has 2 fully saturated rings. The van der Waals surface area contributed by atoms with Gasteiger partial charge in [-0.25, -0.2) is 0 Å². The Hall–Kier alpha value is -4.94. The van der Waals surface area contributed by atoms with E-state index in [9.17, 15) is 14.4 Å². The minimum absolute atomic E-state index is 0.0548. The second kappa shape index (κ2) is 16.0. The van der Waals surface area contributed by atoms with E-state index < -0.39 is 6.04 Å². The SMILES string of the molecule is Cc1cc(C(=O)NC2CCNCC2)ccc1-c1cccc(CC(NC(=O)C2CCC(CN)CC2)C(=O)Nc2ccc(-c3nn[nH]n3)cc2)c1. The number of rotatable bonds is 11. The van der Waals surface area contributed by atoms with Crippen molar-refractivity contribution in [2.45, 2.75) is 64.0 Å². The molecular weight excluding hydrogens is 618 g/mol. The maximum Gasteiger partial charge on any atom is 0.251 e. The fourth-order valence-corrected chi connectivity index (χ4v) is 6.84. The van der Waals surface area contributed by atoms with E-state index in [0.717, 1.165) is 79.4 Å². The Morgan fingerprint density at radius 2 is 1.69 bits per heavy atom. The molecule has 2 heterocycles. The van der Waals surface area contributed by atoms with E-state index in [4.69, 9.17) is 5.73 Å². The summed E-state index contributed by atoms with van der Waals surface area (Å²) in [6, 6.07) is 20.3. The lowest BCUT2D eigenvalue weighted by Crippen LogP contribution is -2.48. The summed E-state index contributed by atoms with van der Waals surface area (Å²) >= 11 is 0. The number of aromatic amines is 1. The lowest BCUT2D eigenvalue weighted by molar-refractivity contribution is -0.130. The van der Waals surface area contributed by atoms with Crippen LogP contribution < -0.4 is 27.0 Å². The zero-order valence-corrected chi connectivity index (χ0v) is 27.9. The Morgan fingerprint density at radius 3 is 2.39 bits per heavy atom. The smallest absolute Gasteiger partial charge is 0.251 e. The van der Waals surface area contributed by atoms with Gasteiger partial charge in [0.1, 0.15) is 6.04 Å². The van der Waals surface area contributed by atoms with Crippen LogP contribution >= 0.6 is 0 Å². The maximum absolute atomic E-state index is 13.8. The van der Waals surface area contributed by atoms with Gasteiger partial charge in [-0.05, 0) is 135 Å². The number of carbonyl (C=O) groups excluding carboxylic acids is 3. The average Bonchev–Trinajstić information content (AvgIpc) is 3.67. The third-order valence-electron chi connectivity index (χ3n) is 9.78. The summed E-state index contributed by atoms with van der Waals surface area (Å²) in [6.45, 7) is 4.46. The molecule has 12 nitrogen and oxygen atoms in total. The molecule has 7 N–H and O–H groups in total. The molecule has 1 saturated carbocycles. The molecule has 1 aliphatic heterocycles.